The topological polar surface area (TPSA) is 63.3 Å². The van der Waals surface area contributed by atoms with Gasteiger partial charge in [-0.1, -0.05) is 0 Å². The molecule has 3 N–H and O–H groups in total. The molecule has 0 atom stereocenters. The lowest BCUT2D eigenvalue weighted by molar-refractivity contribution is -0.139. The van der Waals surface area contributed by atoms with Crippen molar-refractivity contribution in [2.75, 3.05) is 0 Å². The molecule has 0 saturated heterocycles. The van der Waals surface area contributed by atoms with E-state index in [1.165, 1.54) is 0 Å². The summed E-state index contributed by atoms with van der Waals surface area (Å²) in [6.45, 7) is 0. The number of hydrogen-bond donors (Lipinski definition) is 2. The molecule has 14 heavy (non-hydrogen) atoms. The fraction of sp³-hybridized carbons (Fsp3) is 0.875. The van der Waals surface area contributed by atoms with Gasteiger partial charge in [0.2, 0.25) is 5.92 Å². The van der Waals surface area contributed by atoms with Crippen LogP contribution in [-0.4, -0.2) is 22.5 Å². The van der Waals surface area contributed by atoms with Gasteiger partial charge in [0.1, 0.15) is 0 Å². The summed E-state index contributed by atoms with van der Waals surface area (Å²) in [6, 6.07) is 0. The highest BCUT2D eigenvalue weighted by Gasteiger charge is 2.42. The monoisotopic (exact) mass is 229 g/mol. The summed E-state index contributed by atoms with van der Waals surface area (Å²) in [5, 5.41) is 8.49. The van der Waals surface area contributed by atoms with Crippen LogP contribution in [0.5, 0.6) is 0 Å². The second-order valence-electron chi connectivity index (χ2n) is 3.79. The van der Waals surface area contributed by atoms with Gasteiger partial charge >= 0.3 is 5.97 Å². The molecule has 0 spiro atoms. The van der Waals surface area contributed by atoms with Crippen LogP contribution in [-0.2, 0) is 4.79 Å². The normalized spacial score (nSPS) is 23.6. The molecule has 0 aromatic heterocycles. The quantitative estimate of drug-likeness (QED) is 0.759. The Labute approximate surface area is 87.1 Å². The predicted octanol–water partition coefficient (Wildman–Crippen LogP) is 1.79. The van der Waals surface area contributed by atoms with E-state index in [9.17, 15) is 13.6 Å². The summed E-state index contributed by atoms with van der Waals surface area (Å²) < 4.78 is 25.4. The predicted molar refractivity (Wildman–Crippen MR) is 49.8 cm³/mol. The molecule has 3 nitrogen and oxygen atoms in total. The lowest BCUT2D eigenvalue weighted by Gasteiger charge is -2.35. The van der Waals surface area contributed by atoms with E-state index in [2.05, 4.69) is 0 Å². The second kappa shape index (κ2) is 4.40. The molecule has 0 unspecified atom stereocenters. The second-order valence-corrected chi connectivity index (χ2v) is 3.79. The van der Waals surface area contributed by atoms with E-state index in [4.69, 9.17) is 10.8 Å². The fourth-order valence-electron chi connectivity index (χ4n) is 1.59. The maximum absolute atomic E-state index is 12.7. The zero-order valence-corrected chi connectivity index (χ0v) is 8.45. The van der Waals surface area contributed by atoms with Crippen LogP contribution in [0.15, 0.2) is 0 Å². The van der Waals surface area contributed by atoms with Crippen LogP contribution >= 0.6 is 12.4 Å². The first kappa shape index (κ1) is 13.6. The number of hydrogen-bond acceptors (Lipinski definition) is 2. The first-order valence-electron chi connectivity index (χ1n) is 4.22. The van der Waals surface area contributed by atoms with Crippen molar-refractivity contribution in [2.24, 2.45) is 5.73 Å². The highest BCUT2D eigenvalue weighted by atomic mass is 35.5. The van der Waals surface area contributed by atoms with Gasteiger partial charge < -0.3 is 10.8 Å². The standard InChI is InChI=1S/C8H13F2NO2.ClH/c9-8(10)3-1-7(11,2-4-8)5-6(12)13;/h1-5,11H2,(H,12,13);1H. The van der Waals surface area contributed by atoms with E-state index in [1.807, 2.05) is 0 Å². The van der Waals surface area contributed by atoms with Crippen molar-refractivity contribution in [3.63, 3.8) is 0 Å². The largest absolute Gasteiger partial charge is 0.481 e. The summed E-state index contributed by atoms with van der Waals surface area (Å²) in [5.41, 5.74) is 4.74. The molecule has 1 aliphatic rings. The first-order chi connectivity index (χ1) is 5.83. The molecule has 0 amide bonds. The van der Waals surface area contributed by atoms with Gasteiger partial charge in [0.15, 0.2) is 0 Å². The average Bonchev–Trinajstić information content (AvgIpc) is 1.95. The summed E-state index contributed by atoms with van der Waals surface area (Å²) in [5.74, 6) is -3.67. The molecule has 0 aromatic rings. The van der Waals surface area contributed by atoms with E-state index < -0.39 is 17.4 Å². The Hall–Kier alpha value is -0.420. The number of carbonyl (C=O) groups is 1. The average molecular weight is 230 g/mol. The van der Waals surface area contributed by atoms with Crippen LogP contribution in [0.4, 0.5) is 8.78 Å². The minimum Gasteiger partial charge on any atom is -0.481 e. The van der Waals surface area contributed by atoms with Crippen LogP contribution in [0.1, 0.15) is 32.1 Å². The number of alkyl halides is 2. The molecule has 0 heterocycles. The van der Waals surface area contributed by atoms with Crippen LogP contribution in [0.3, 0.4) is 0 Å². The van der Waals surface area contributed by atoms with Crippen molar-refractivity contribution in [3.05, 3.63) is 0 Å². The molecule has 0 aromatic carbocycles. The van der Waals surface area contributed by atoms with E-state index in [-0.39, 0.29) is 44.5 Å². The van der Waals surface area contributed by atoms with Crippen LogP contribution in [0, 0.1) is 0 Å². The Bertz CT molecular complexity index is 213. The van der Waals surface area contributed by atoms with Crippen molar-refractivity contribution in [1.29, 1.82) is 0 Å². The van der Waals surface area contributed by atoms with E-state index in [1.54, 1.807) is 0 Å². The molecule has 0 radical (unpaired) electrons. The first-order valence-corrected chi connectivity index (χ1v) is 4.22. The van der Waals surface area contributed by atoms with Gasteiger partial charge in [-0.3, -0.25) is 4.79 Å². The summed E-state index contributed by atoms with van der Waals surface area (Å²) in [6.07, 6.45) is -0.630. The number of nitrogens with two attached hydrogens (primary N) is 1. The molecule has 1 fully saturated rings. The smallest absolute Gasteiger partial charge is 0.305 e. The zero-order valence-electron chi connectivity index (χ0n) is 7.63. The van der Waals surface area contributed by atoms with Gasteiger partial charge in [-0.25, -0.2) is 8.78 Å². The Morgan fingerprint density at radius 3 is 2.07 bits per heavy atom. The van der Waals surface area contributed by atoms with Crippen molar-refractivity contribution < 1.29 is 18.7 Å². The van der Waals surface area contributed by atoms with Gasteiger partial charge in [-0.2, -0.15) is 0 Å². The maximum Gasteiger partial charge on any atom is 0.305 e. The molecular formula is C8H14ClF2NO2. The fourth-order valence-corrected chi connectivity index (χ4v) is 1.59. The number of carboxylic acid groups (broad SMARTS) is 1. The van der Waals surface area contributed by atoms with E-state index >= 15 is 0 Å². The number of carboxylic acids is 1. The van der Waals surface area contributed by atoms with E-state index in [0.29, 0.717) is 0 Å². The highest BCUT2D eigenvalue weighted by Crippen LogP contribution is 2.38. The molecule has 0 aliphatic heterocycles. The van der Waals surface area contributed by atoms with Crippen molar-refractivity contribution in [2.45, 2.75) is 43.6 Å². The van der Waals surface area contributed by atoms with Gasteiger partial charge in [0.05, 0.1) is 6.42 Å². The summed E-state index contributed by atoms with van der Waals surface area (Å²) >= 11 is 0. The Morgan fingerprint density at radius 1 is 1.29 bits per heavy atom. The van der Waals surface area contributed by atoms with Crippen LogP contribution < -0.4 is 5.73 Å². The van der Waals surface area contributed by atoms with Gasteiger partial charge in [-0.05, 0) is 12.8 Å². The zero-order chi connectivity index (χ0) is 10.1. The minimum atomic E-state index is -2.65. The Kier molecular flexibility index (Phi) is 4.27. The van der Waals surface area contributed by atoms with E-state index in [0.717, 1.165) is 0 Å². The molecule has 0 bridgehead atoms. The lowest BCUT2D eigenvalue weighted by Crippen LogP contribution is -2.47. The summed E-state index contributed by atoms with van der Waals surface area (Å²) in [4.78, 5) is 10.4. The molecular weight excluding hydrogens is 216 g/mol. The maximum atomic E-state index is 12.7. The number of aliphatic carboxylic acids is 1. The van der Waals surface area contributed by atoms with Crippen molar-refractivity contribution in [1.82, 2.24) is 0 Å². The van der Waals surface area contributed by atoms with Gasteiger partial charge in [0.25, 0.3) is 0 Å². The Morgan fingerprint density at radius 2 is 1.71 bits per heavy atom. The number of halogens is 3. The SMILES string of the molecule is Cl.NC1(CC(=O)O)CCC(F)(F)CC1. The van der Waals surface area contributed by atoms with Gasteiger partial charge in [-0.15, -0.1) is 12.4 Å². The lowest BCUT2D eigenvalue weighted by atomic mass is 9.78. The molecule has 84 valence electrons. The number of rotatable bonds is 2. The third-order valence-electron chi connectivity index (χ3n) is 2.48. The minimum absolute atomic E-state index is 0. The molecule has 1 rings (SSSR count). The Balaban J connectivity index is 0.00000169. The van der Waals surface area contributed by atoms with Crippen molar-refractivity contribution in [3.8, 4) is 0 Å². The highest BCUT2D eigenvalue weighted by molar-refractivity contribution is 5.85. The third kappa shape index (κ3) is 3.75. The molecule has 1 saturated carbocycles. The van der Waals surface area contributed by atoms with Crippen molar-refractivity contribution >= 4 is 18.4 Å². The van der Waals surface area contributed by atoms with Crippen LogP contribution in [0.25, 0.3) is 0 Å². The van der Waals surface area contributed by atoms with Crippen LogP contribution in [0.2, 0.25) is 0 Å². The van der Waals surface area contributed by atoms with Gasteiger partial charge in [0, 0.05) is 18.4 Å². The summed E-state index contributed by atoms with van der Waals surface area (Å²) in [7, 11) is 0. The molecule has 6 heteroatoms. The third-order valence-corrected chi connectivity index (χ3v) is 2.48. The molecule has 1 aliphatic carbocycles.